The van der Waals surface area contributed by atoms with Gasteiger partial charge >= 0.3 is 0 Å². The predicted molar refractivity (Wildman–Crippen MR) is 100 cm³/mol. The Morgan fingerprint density at radius 1 is 0.958 bits per heavy atom. The summed E-state index contributed by atoms with van der Waals surface area (Å²) in [4.78, 5) is 2.34. The summed E-state index contributed by atoms with van der Waals surface area (Å²) in [6.45, 7) is 2.13. The highest BCUT2D eigenvalue weighted by Gasteiger charge is 2.15. The molecule has 0 spiro atoms. The molecular weight excluding hydrogens is 344 g/mol. The molecule has 6 heteroatoms. The maximum absolute atomic E-state index is 12.3. The number of benzene rings is 2. The fourth-order valence-corrected chi connectivity index (χ4v) is 4.44. The summed E-state index contributed by atoms with van der Waals surface area (Å²) in [5.41, 5.74) is 2.31. The molecule has 1 fully saturated rings. The minimum atomic E-state index is -3.50. The molecule has 1 saturated heterocycles. The van der Waals surface area contributed by atoms with Crippen molar-refractivity contribution >= 4 is 33.0 Å². The Morgan fingerprint density at radius 2 is 1.62 bits per heavy atom. The second kappa shape index (κ2) is 7.45. The summed E-state index contributed by atoms with van der Waals surface area (Å²) in [5.74, 6) is -0.138. The summed E-state index contributed by atoms with van der Waals surface area (Å²) < 4.78 is 27.3. The predicted octanol–water partition coefficient (Wildman–Crippen LogP) is 4.27. The van der Waals surface area contributed by atoms with E-state index in [0.717, 1.165) is 18.8 Å². The van der Waals surface area contributed by atoms with Crippen LogP contribution in [-0.2, 0) is 15.8 Å². The molecule has 0 atom stereocenters. The highest BCUT2D eigenvalue weighted by Crippen LogP contribution is 2.23. The van der Waals surface area contributed by atoms with E-state index in [2.05, 4.69) is 9.62 Å². The number of halogens is 1. The third-order valence-corrected chi connectivity index (χ3v) is 5.77. The van der Waals surface area contributed by atoms with E-state index >= 15 is 0 Å². The fourth-order valence-electron chi connectivity index (χ4n) is 2.93. The van der Waals surface area contributed by atoms with Gasteiger partial charge in [-0.25, -0.2) is 8.42 Å². The molecular formula is C18H21ClN2O2S. The molecule has 1 aliphatic rings. The normalized spacial score (nSPS) is 15.3. The second-order valence-electron chi connectivity index (χ2n) is 6.05. The van der Waals surface area contributed by atoms with Gasteiger partial charge in [-0.3, -0.25) is 4.72 Å². The quantitative estimate of drug-likeness (QED) is 0.861. The smallest absolute Gasteiger partial charge is 0.236 e. The third kappa shape index (κ3) is 4.42. The third-order valence-electron chi connectivity index (χ3n) is 4.17. The summed E-state index contributed by atoms with van der Waals surface area (Å²) in [6.07, 6.45) is 3.72. The van der Waals surface area contributed by atoms with E-state index in [1.165, 1.54) is 19.3 Å². The van der Waals surface area contributed by atoms with Gasteiger partial charge in [-0.2, -0.15) is 0 Å². The van der Waals surface area contributed by atoms with Gasteiger partial charge in [0.1, 0.15) is 0 Å². The average Bonchev–Trinajstić information content (AvgIpc) is 2.58. The Labute approximate surface area is 148 Å². The van der Waals surface area contributed by atoms with Crippen LogP contribution in [0.5, 0.6) is 0 Å². The van der Waals surface area contributed by atoms with Crippen LogP contribution in [0.15, 0.2) is 48.5 Å². The molecule has 2 aromatic carbocycles. The first kappa shape index (κ1) is 17.1. The standard InChI is InChI=1S/C18H21ClN2O2S/c19-18-7-3-2-6-15(18)14-24(22,23)20-16-8-10-17(11-9-16)21-12-4-1-5-13-21/h2-3,6-11,20H,1,4-5,12-14H2. The highest BCUT2D eigenvalue weighted by atomic mass is 35.5. The second-order valence-corrected chi connectivity index (χ2v) is 8.18. The Morgan fingerprint density at radius 3 is 2.29 bits per heavy atom. The molecule has 0 unspecified atom stereocenters. The topological polar surface area (TPSA) is 49.4 Å². The Hall–Kier alpha value is -1.72. The summed E-state index contributed by atoms with van der Waals surface area (Å²) in [6, 6.07) is 14.6. The van der Waals surface area contributed by atoms with Gasteiger partial charge in [0.2, 0.25) is 10.0 Å². The fraction of sp³-hybridized carbons (Fsp3) is 0.333. The first-order valence-corrected chi connectivity index (χ1v) is 10.2. The van der Waals surface area contributed by atoms with E-state index in [0.29, 0.717) is 16.3 Å². The number of piperidine rings is 1. The van der Waals surface area contributed by atoms with Crippen LogP contribution in [0.2, 0.25) is 5.02 Å². The Balaban J connectivity index is 1.67. The zero-order valence-corrected chi connectivity index (χ0v) is 15.0. The van der Waals surface area contributed by atoms with Crippen LogP contribution in [0.3, 0.4) is 0 Å². The van der Waals surface area contributed by atoms with Crippen LogP contribution in [0.1, 0.15) is 24.8 Å². The lowest BCUT2D eigenvalue weighted by Crippen LogP contribution is -2.29. The summed E-state index contributed by atoms with van der Waals surface area (Å²) in [5, 5.41) is 0.461. The number of anilines is 2. The van der Waals surface area contributed by atoms with Crippen LogP contribution in [0, 0.1) is 0 Å². The van der Waals surface area contributed by atoms with E-state index in [4.69, 9.17) is 11.6 Å². The molecule has 1 heterocycles. The largest absolute Gasteiger partial charge is 0.372 e. The first-order chi connectivity index (χ1) is 11.5. The van der Waals surface area contributed by atoms with Crippen molar-refractivity contribution in [1.82, 2.24) is 0 Å². The van der Waals surface area contributed by atoms with Crippen LogP contribution < -0.4 is 9.62 Å². The molecule has 0 aromatic heterocycles. The van der Waals surface area contributed by atoms with Gasteiger partial charge in [0.25, 0.3) is 0 Å². The van der Waals surface area contributed by atoms with Crippen molar-refractivity contribution in [2.75, 3.05) is 22.7 Å². The number of sulfonamides is 1. The average molecular weight is 365 g/mol. The monoisotopic (exact) mass is 364 g/mol. The molecule has 0 radical (unpaired) electrons. The van der Waals surface area contributed by atoms with Crippen LogP contribution >= 0.6 is 11.6 Å². The van der Waals surface area contributed by atoms with Gasteiger partial charge in [0.15, 0.2) is 0 Å². The van der Waals surface area contributed by atoms with E-state index in [1.54, 1.807) is 24.3 Å². The van der Waals surface area contributed by atoms with E-state index in [1.807, 2.05) is 24.3 Å². The number of hydrogen-bond acceptors (Lipinski definition) is 3. The van der Waals surface area contributed by atoms with Crippen molar-refractivity contribution < 1.29 is 8.42 Å². The van der Waals surface area contributed by atoms with E-state index in [9.17, 15) is 8.42 Å². The first-order valence-electron chi connectivity index (χ1n) is 8.12. The molecule has 0 saturated carbocycles. The molecule has 128 valence electrons. The molecule has 24 heavy (non-hydrogen) atoms. The van der Waals surface area contributed by atoms with Crippen molar-refractivity contribution in [2.45, 2.75) is 25.0 Å². The lowest BCUT2D eigenvalue weighted by atomic mass is 10.1. The maximum atomic E-state index is 12.3. The Kier molecular flexibility index (Phi) is 5.31. The lowest BCUT2D eigenvalue weighted by Gasteiger charge is -2.28. The van der Waals surface area contributed by atoms with E-state index in [-0.39, 0.29) is 5.75 Å². The van der Waals surface area contributed by atoms with E-state index < -0.39 is 10.0 Å². The molecule has 4 nitrogen and oxygen atoms in total. The van der Waals surface area contributed by atoms with Crippen molar-refractivity contribution in [1.29, 1.82) is 0 Å². The number of hydrogen-bond donors (Lipinski definition) is 1. The lowest BCUT2D eigenvalue weighted by molar-refractivity contribution is 0.578. The number of nitrogens with one attached hydrogen (secondary N) is 1. The molecule has 1 aliphatic heterocycles. The minimum Gasteiger partial charge on any atom is -0.372 e. The van der Waals surface area contributed by atoms with Gasteiger partial charge in [0, 0.05) is 29.5 Å². The zero-order valence-electron chi connectivity index (χ0n) is 13.4. The molecule has 0 amide bonds. The van der Waals surface area contributed by atoms with Crippen molar-refractivity contribution in [3.05, 3.63) is 59.1 Å². The van der Waals surface area contributed by atoms with Gasteiger partial charge in [-0.1, -0.05) is 29.8 Å². The van der Waals surface area contributed by atoms with Crippen LogP contribution in [0.4, 0.5) is 11.4 Å². The van der Waals surface area contributed by atoms with Crippen molar-refractivity contribution in [3.63, 3.8) is 0 Å². The minimum absolute atomic E-state index is 0.138. The molecule has 2 aromatic rings. The van der Waals surface area contributed by atoms with Crippen LogP contribution in [-0.4, -0.2) is 21.5 Å². The Bertz CT molecular complexity index is 785. The molecule has 0 bridgehead atoms. The summed E-state index contributed by atoms with van der Waals surface area (Å²) in [7, 11) is -3.50. The number of nitrogens with zero attached hydrogens (tertiary/aromatic N) is 1. The van der Waals surface area contributed by atoms with Crippen LogP contribution in [0.25, 0.3) is 0 Å². The summed E-state index contributed by atoms with van der Waals surface area (Å²) >= 11 is 6.04. The SMILES string of the molecule is O=S(=O)(Cc1ccccc1Cl)Nc1ccc(N2CCCCC2)cc1. The van der Waals surface area contributed by atoms with Crippen molar-refractivity contribution in [3.8, 4) is 0 Å². The highest BCUT2D eigenvalue weighted by molar-refractivity contribution is 7.91. The van der Waals surface area contributed by atoms with Crippen molar-refractivity contribution in [2.24, 2.45) is 0 Å². The van der Waals surface area contributed by atoms with Gasteiger partial charge in [0.05, 0.1) is 5.75 Å². The molecule has 1 N–H and O–H groups in total. The molecule has 3 rings (SSSR count). The zero-order chi connectivity index (χ0) is 17.0. The van der Waals surface area contributed by atoms with Gasteiger partial charge in [-0.05, 0) is 55.2 Å². The van der Waals surface area contributed by atoms with Gasteiger partial charge < -0.3 is 4.90 Å². The molecule has 0 aliphatic carbocycles. The number of rotatable bonds is 5. The van der Waals surface area contributed by atoms with Gasteiger partial charge in [-0.15, -0.1) is 0 Å². The maximum Gasteiger partial charge on any atom is 0.236 e.